The number of nitrogens with zero attached hydrogens (tertiary/aromatic N) is 2. The van der Waals surface area contributed by atoms with Crippen LogP contribution in [0.4, 0.5) is 0 Å². The monoisotopic (exact) mass is 289 g/mol. The van der Waals surface area contributed by atoms with Crippen LogP contribution >= 0.6 is 11.9 Å². The molecule has 0 aromatic carbocycles. The van der Waals surface area contributed by atoms with Crippen LogP contribution < -0.4 is 5.32 Å². The zero-order valence-corrected chi connectivity index (χ0v) is 11.9. The van der Waals surface area contributed by atoms with Crippen LogP contribution in [-0.2, 0) is 14.3 Å². The molecule has 1 fully saturated rings. The first-order chi connectivity index (χ1) is 9.09. The summed E-state index contributed by atoms with van der Waals surface area (Å²) in [4.78, 5) is 35.5. The smallest absolute Gasteiger partial charge is 0.330 e. The van der Waals surface area contributed by atoms with Crippen molar-refractivity contribution in [1.29, 1.82) is 0 Å². The summed E-state index contributed by atoms with van der Waals surface area (Å²) in [7, 11) is 1.97. The van der Waals surface area contributed by atoms with Gasteiger partial charge >= 0.3 is 5.97 Å². The van der Waals surface area contributed by atoms with Crippen molar-refractivity contribution in [2.45, 2.75) is 30.6 Å². The summed E-state index contributed by atoms with van der Waals surface area (Å²) >= 11 is 0.825. The Hall–Kier alpha value is -1.15. The molecular formula is C11H19N3O4S. The Morgan fingerprint density at radius 3 is 2.68 bits per heavy atom. The molecule has 0 radical (unpaired) electrons. The van der Waals surface area contributed by atoms with Crippen molar-refractivity contribution in [3.05, 3.63) is 4.91 Å². The highest BCUT2D eigenvalue weighted by Gasteiger charge is 2.47. The molecule has 1 rings (SSSR count). The maximum atomic E-state index is 12.0. The lowest BCUT2D eigenvalue weighted by atomic mass is 9.88. The van der Waals surface area contributed by atoms with Crippen LogP contribution in [-0.4, -0.2) is 54.8 Å². The van der Waals surface area contributed by atoms with E-state index in [1.165, 1.54) is 0 Å². The van der Waals surface area contributed by atoms with Gasteiger partial charge in [-0.05, 0) is 39.9 Å². The molecule has 8 heteroatoms. The number of rotatable bonds is 7. The number of carbonyl (C=O) groups is 2. The van der Waals surface area contributed by atoms with Crippen molar-refractivity contribution < 1.29 is 14.3 Å². The fraction of sp³-hybridized carbons (Fsp3) is 0.818. The van der Waals surface area contributed by atoms with E-state index in [9.17, 15) is 14.5 Å². The molecule has 1 aliphatic heterocycles. The SMILES string of the molecule is CCOC(=O)C(NC=O)C1(SN=O)CCN(C)CC1. The van der Waals surface area contributed by atoms with Crippen LogP contribution in [0.5, 0.6) is 0 Å². The highest BCUT2D eigenvalue weighted by molar-refractivity contribution is 7.99. The standard InChI is InChI=1S/C11H19N3O4S/c1-3-18-10(16)9(12-8-15)11(19-13-17)4-6-14(2)7-5-11/h8-9H,3-7H2,1-2H3,(H,12,15). The fourth-order valence-corrected chi connectivity index (χ4v) is 3.02. The summed E-state index contributed by atoms with van der Waals surface area (Å²) in [6.07, 6.45) is 1.64. The fourth-order valence-electron chi connectivity index (χ4n) is 2.23. The van der Waals surface area contributed by atoms with Gasteiger partial charge in [-0.3, -0.25) is 4.79 Å². The third-order valence-electron chi connectivity index (χ3n) is 3.34. The van der Waals surface area contributed by atoms with Gasteiger partial charge in [-0.1, -0.05) is 0 Å². The van der Waals surface area contributed by atoms with E-state index in [1.807, 2.05) is 7.05 Å². The maximum absolute atomic E-state index is 12.0. The van der Waals surface area contributed by atoms with Crippen molar-refractivity contribution in [3.8, 4) is 0 Å². The van der Waals surface area contributed by atoms with E-state index < -0.39 is 16.8 Å². The van der Waals surface area contributed by atoms with E-state index >= 15 is 0 Å². The molecule has 0 saturated carbocycles. The minimum absolute atomic E-state index is 0.227. The van der Waals surface area contributed by atoms with Gasteiger partial charge in [-0.2, -0.15) is 0 Å². The molecule has 1 N–H and O–H groups in total. The first-order valence-electron chi connectivity index (χ1n) is 6.15. The molecule has 0 spiro atoms. The third kappa shape index (κ3) is 3.90. The van der Waals surface area contributed by atoms with E-state index in [0.717, 1.165) is 25.0 Å². The third-order valence-corrected chi connectivity index (χ3v) is 4.42. The van der Waals surface area contributed by atoms with Crippen LogP contribution in [0.2, 0.25) is 0 Å². The number of esters is 1. The predicted octanol–water partition coefficient (Wildman–Crippen LogP) is 0.543. The quantitative estimate of drug-likeness (QED) is 0.318. The molecule has 1 unspecified atom stereocenters. The van der Waals surface area contributed by atoms with Gasteiger partial charge in [0.2, 0.25) is 6.41 Å². The van der Waals surface area contributed by atoms with E-state index in [2.05, 4.69) is 14.8 Å². The molecule has 1 aliphatic rings. The van der Waals surface area contributed by atoms with Crippen molar-refractivity contribution in [3.63, 3.8) is 0 Å². The van der Waals surface area contributed by atoms with E-state index in [1.54, 1.807) is 6.92 Å². The normalized spacial score (nSPS) is 20.3. The van der Waals surface area contributed by atoms with Crippen LogP contribution in [0.3, 0.4) is 0 Å². The molecule has 1 atom stereocenters. The average Bonchev–Trinajstić information content (AvgIpc) is 2.39. The van der Waals surface area contributed by atoms with E-state index in [-0.39, 0.29) is 6.61 Å². The Kier molecular flexibility index (Phi) is 6.23. The number of likely N-dealkylation sites (tertiary alicyclic amines) is 1. The summed E-state index contributed by atoms with van der Waals surface area (Å²) in [5.74, 6) is -0.518. The van der Waals surface area contributed by atoms with Gasteiger partial charge in [0, 0.05) is 16.5 Å². The molecule has 0 aromatic rings. The molecular weight excluding hydrogens is 270 g/mol. The minimum atomic E-state index is -0.846. The second-order valence-corrected chi connectivity index (χ2v) is 5.65. The van der Waals surface area contributed by atoms with Crippen molar-refractivity contribution in [2.24, 2.45) is 4.58 Å². The first-order valence-corrected chi connectivity index (χ1v) is 6.92. The van der Waals surface area contributed by atoms with Gasteiger partial charge < -0.3 is 15.0 Å². The molecule has 1 heterocycles. The van der Waals surface area contributed by atoms with E-state index in [0.29, 0.717) is 19.3 Å². The first kappa shape index (κ1) is 15.9. The Balaban J connectivity index is 2.93. The lowest BCUT2D eigenvalue weighted by molar-refractivity contribution is -0.147. The topological polar surface area (TPSA) is 88.1 Å². The van der Waals surface area contributed by atoms with Crippen LogP contribution in [0.1, 0.15) is 19.8 Å². The van der Waals surface area contributed by atoms with Gasteiger partial charge in [0.25, 0.3) is 0 Å². The average molecular weight is 289 g/mol. The second kappa shape index (κ2) is 7.44. The number of hydrogen-bond acceptors (Lipinski definition) is 7. The molecule has 0 aliphatic carbocycles. The number of ether oxygens (including phenoxy) is 1. The van der Waals surface area contributed by atoms with Crippen molar-refractivity contribution in [2.75, 3.05) is 26.7 Å². The highest BCUT2D eigenvalue weighted by atomic mass is 32.2. The van der Waals surface area contributed by atoms with Crippen LogP contribution in [0.15, 0.2) is 4.58 Å². The van der Waals surface area contributed by atoms with Gasteiger partial charge in [0.15, 0.2) is 0 Å². The summed E-state index contributed by atoms with van der Waals surface area (Å²) in [5.41, 5.74) is 0. The molecule has 108 valence electrons. The lowest BCUT2D eigenvalue weighted by Crippen LogP contribution is -2.57. The predicted molar refractivity (Wildman–Crippen MR) is 72.5 cm³/mol. The molecule has 19 heavy (non-hydrogen) atoms. The molecule has 1 amide bonds. The zero-order chi connectivity index (χ0) is 14.3. The lowest BCUT2D eigenvalue weighted by Gasteiger charge is -2.41. The van der Waals surface area contributed by atoms with Gasteiger partial charge in [-0.15, -0.1) is 4.91 Å². The number of hydrogen-bond donors (Lipinski definition) is 1. The van der Waals surface area contributed by atoms with E-state index in [4.69, 9.17) is 4.74 Å². The van der Waals surface area contributed by atoms with Gasteiger partial charge in [0.05, 0.1) is 11.4 Å². The maximum Gasteiger partial charge on any atom is 0.330 e. The van der Waals surface area contributed by atoms with Crippen LogP contribution in [0, 0.1) is 4.91 Å². The summed E-state index contributed by atoms with van der Waals surface area (Å²) in [6, 6.07) is -0.846. The zero-order valence-electron chi connectivity index (χ0n) is 11.1. The number of piperidine rings is 1. The van der Waals surface area contributed by atoms with Crippen molar-refractivity contribution >= 4 is 24.3 Å². The molecule has 0 aromatic heterocycles. The Morgan fingerprint density at radius 1 is 1.58 bits per heavy atom. The number of nitrogens with one attached hydrogen (secondary N) is 1. The number of nitroso groups, excluding NO2 is 1. The number of amides is 1. The summed E-state index contributed by atoms with van der Waals surface area (Å²) in [6.45, 7) is 3.39. The molecule has 7 nitrogen and oxygen atoms in total. The van der Waals surface area contributed by atoms with Crippen LogP contribution in [0.25, 0.3) is 0 Å². The second-order valence-electron chi connectivity index (χ2n) is 4.50. The molecule has 0 bridgehead atoms. The van der Waals surface area contributed by atoms with Gasteiger partial charge in [0.1, 0.15) is 6.04 Å². The highest BCUT2D eigenvalue weighted by Crippen LogP contribution is 2.40. The van der Waals surface area contributed by atoms with Crippen molar-refractivity contribution in [1.82, 2.24) is 10.2 Å². The Labute approximate surface area is 116 Å². The minimum Gasteiger partial charge on any atom is -0.464 e. The largest absolute Gasteiger partial charge is 0.464 e. The van der Waals surface area contributed by atoms with Gasteiger partial charge in [-0.25, -0.2) is 4.79 Å². The Bertz CT molecular complexity index is 332. The molecule has 1 saturated heterocycles. The number of carbonyl (C=O) groups excluding carboxylic acids is 2. The Morgan fingerprint density at radius 2 is 2.21 bits per heavy atom. The summed E-state index contributed by atoms with van der Waals surface area (Å²) < 4.78 is 7.14. The summed E-state index contributed by atoms with van der Waals surface area (Å²) in [5, 5.41) is 2.48.